The quantitative estimate of drug-likeness (QED) is 0.677. The highest BCUT2D eigenvalue weighted by atomic mass is 79.9. The van der Waals surface area contributed by atoms with Gasteiger partial charge in [0.25, 0.3) is 0 Å². The molecule has 4 nitrogen and oxygen atoms in total. The normalized spacial score (nSPS) is 10.9. The summed E-state index contributed by atoms with van der Waals surface area (Å²) in [5, 5.41) is 0. The van der Waals surface area contributed by atoms with Crippen LogP contribution in [0.25, 0.3) is 22.6 Å². The molecule has 2 aromatic heterocycles. The van der Waals surface area contributed by atoms with Crippen LogP contribution >= 0.6 is 15.9 Å². The number of rotatable bonds is 1. The average Bonchev–Trinajstić information content (AvgIpc) is 2.75. The maximum Gasteiger partial charge on any atom is 0.178 e. The molecule has 3 aromatic rings. The van der Waals surface area contributed by atoms with E-state index < -0.39 is 0 Å². The molecule has 0 saturated carbocycles. The van der Waals surface area contributed by atoms with Gasteiger partial charge >= 0.3 is 0 Å². The van der Waals surface area contributed by atoms with Crippen molar-refractivity contribution in [1.82, 2.24) is 15.0 Å². The minimum Gasteiger partial charge on any atom is -0.398 e. The summed E-state index contributed by atoms with van der Waals surface area (Å²) in [4.78, 5) is 11.8. The molecular formula is C12H9BrN4. The van der Waals surface area contributed by atoms with Crippen LogP contribution in [0.15, 0.2) is 41.0 Å². The monoisotopic (exact) mass is 288 g/mol. The molecule has 0 bridgehead atoms. The molecule has 0 fully saturated rings. The molecule has 84 valence electrons. The van der Waals surface area contributed by atoms with Gasteiger partial charge in [0.05, 0.1) is 5.52 Å². The summed E-state index contributed by atoms with van der Waals surface area (Å²) in [6, 6.07) is 9.49. The predicted octanol–water partition coefficient (Wildman–Crippen LogP) is 2.97. The van der Waals surface area contributed by atoms with Gasteiger partial charge in [0.2, 0.25) is 0 Å². The molecule has 0 atom stereocenters. The van der Waals surface area contributed by atoms with Gasteiger partial charge in [-0.25, -0.2) is 9.97 Å². The SMILES string of the molecule is Nc1ccc(Br)cc1-c1nc2ncccc2[nH]1. The molecule has 0 unspecified atom stereocenters. The highest BCUT2D eigenvalue weighted by molar-refractivity contribution is 9.10. The predicted molar refractivity (Wildman–Crippen MR) is 71.4 cm³/mol. The molecule has 0 aliphatic heterocycles. The van der Waals surface area contributed by atoms with Crippen LogP contribution in [0.3, 0.4) is 0 Å². The lowest BCUT2D eigenvalue weighted by Gasteiger charge is -2.02. The molecule has 17 heavy (non-hydrogen) atoms. The van der Waals surface area contributed by atoms with E-state index in [9.17, 15) is 0 Å². The Morgan fingerprint density at radius 1 is 1.24 bits per heavy atom. The molecule has 0 aliphatic carbocycles. The van der Waals surface area contributed by atoms with E-state index in [4.69, 9.17) is 5.73 Å². The molecule has 3 N–H and O–H groups in total. The Morgan fingerprint density at radius 2 is 2.12 bits per heavy atom. The van der Waals surface area contributed by atoms with Crippen molar-refractivity contribution >= 4 is 32.8 Å². The van der Waals surface area contributed by atoms with Crippen LogP contribution in [0.5, 0.6) is 0 Å². The fourth-order valence-corrected chi connectivity index (χ4v) is 2.07. The second-order valence-electron chi connectivity index (χ2n) is 3.69. The number of nitrogen functional groups attached to an aromatic ring is 1. The van der Waals surface area contributed by atoms with E-state index in [1.165, 1.54) is 0 Å². The summed E-state index contributed by atoms with van der Waals surface area (Å²) in [6.45, 7) is 0. The Hall–Kier alpha value is -1.88. The van der Waals surface area contributed by atoms with Crippen LogP contribution in [0.2, 0.25) is 0 Å². The molecule has 0 aliphatic rings. The van der Waals surface area contributed by atoms with Gasteiger partial charge < -0.3 is 10.7 Å². The lowest BCUT2D eigenvalue weighted by molar-refractivity contribution is 1.30. The fourth-order valence-electron chi connectivity index (χ4n) is 1.71. The Kier molecular flexibility index (Phi) is 2.33. The van der Waals surface area contributed by atoms with Gasteiger partial charge in [0.1, 0.15) is 5.82 Å². The van der Waals surface area contributed by atoms with Crippen molar-refractivity contribution in [1.29, 1.82) is 0 Å². The van der Waals surface area contributed by atoms with Crippen molar-refractivity contribution in [2.45, 2.75) is 0 Å². The first kappa shape index (κ1) is 10.3. The van der Waals surface area contributed by atoms with Gasteiger partial charge in [-0.05, 0) is 30.3 Å². The Bertz CT molecular complexity index is 657. The molecule has 0 radical (unpaired) electrons. The molecule has 0 spiro atoms. The second-order valence-corrected chi connectivity index (χ2v) is 4.61. The van der Waals surface area contributed by atoms with Crippen molar-refractivity contribution in [2.24, 2.45) is 0 Å². The van der Waals surface area contributed by atoms with Crippen LogP contribution in [-0.2, 0) is 0 Å². The van der Waals surface area contributed by atoms with Crippen molar-refractivity contribution in [2.75, 3.05) is 5.73 Å². The molecule has 2 heterocycles. The Morgan fingerprint density at radius 3 is 2.94 bits per heavy atom. The van der Waals surface area contributed by atoms with Crippen LogP contribution in [0.4, 0.5) is 5.69 Å². The maximum absolute atomic E-state index is 5.94. The third kappa shape index (κ3) is 1.78. The maximum atomic E-state index is 5.94. The molecule has 1 aromatic carbocycles. The minimum atomic E-state index is 0.687. The zero-order valence-corrected chi connectivity index (χ0v) is 10.4. The number of benzene rings is 1. The molecule has 5 heteroatoms. The van der Waals surface area contributed by atoms with E-state index in [1.54, 1.807) is 6.20 Å². The van der Waals surface area contributed by atoms with E-state index in [0.29, 0.717) is 11.3 Å². The van der Waals surface area contributed by atoms with E-state index >= 15 is 0 Å². The number of imidazole rings is 1. The third-order valence-electron chi connectivity index (χ3n) is 2.53. The number of fused-ring (bicyclic) bond motifs is 1. The van der Waals surface area contributed by atoms with Gasteiger partial charge in [0, 0.05) is 21.9 Å². The molecular weight excluding hydrogens is 280 g/mol. The molecule has 0 amide bonds. The number of hydrogen-bond acceptors (Lipinski definition) is 3. The van der Waals surface area contributed by atoms with E-state index in [-0.39, 0.29) is 0 Å². The third-order valence-corrected chi connectivity index (χ3v) is 3.02. The summed E-state index contributed by atoms with van der Waals surface area (Å²) in [7, 11) is 0. The number of pyridine rings is 1. The van der Waals surface area contributed by atoms with Gasteiger partial charge in [0.15, 0.2) is 5.65 Å². The zero-order valence-electron chi connectivity index (χ0n) is 8.81. The number of aromatic nitrogens is 3. The number of aromatic amines is 1. The number of nitrogens with one attached hydrogen (secondary N) is 1. The van der Waals surface area contributed by atoms with Crippen molar-refractivity contribution in [3.63, 3.8) is 0 Å². The summed E-state index contributed by atoms with van der Waals surface area (Å²) in [5.74, 6) is 0.734. The largest absolute Gasteiger partial charge is 0.398 e. The smallest absolute Gasteiger partial charge is 0.178 e. The summed E-state index contributed by atoms with van der Waals surface area (Å²) in [5.41, 5.74) is 9.10. The number of anilines is 1. The molecule has 3 rings (SSSR count). The van der Waals surface area contributed by atoms with Crippen molar-refractivity contribution in [3.8, 4) is 11.4 Å². The van der Waals surface area contributed by atoms with Crippen LogP contribution in [-0.4, -0.2) is 15.0 Å². The summed E-state index contributed by atoms with van der Waals surface area (Å²) < 4.78 is 0.968. The van der Waals surface area contributed by atoms with E-state index in [0.717, 1.165) is 21.4 Å². The first-order valence-electron chi connectivity index (χ1n) is 5.10. The number of hydrogen-bond donors (Lipinski definition) is 2. The first-order valence-corrected chi connectivity index (χ1v) is 5.89. The van der Waals surface area contributed by atoms with Crippen LogP contribution < -0.4 is 5.73 Å². The van der Waals surface area contributed by atoms with Crippen molar-refractivity contribution in [3.05, 3.63) is 41.0 Å². The average molecular weight is 289 g/mol. The van der Waals surface area contributed by atoms with E-state index in [2.05, 4.69) is 30.9 Å². The fraction of sp³-hybridized carbons (Fsp3) is 0. The van der Waals surface area contributed by atoms with Gasteiger partial charge in [-0.1, -0.05) is 15.9 Å². The van der Waals surface area contributed by atoms with Crippen LogP contribution in [0.1, 0.15) is 0 Å². The van der Waals surface area contributed by atoms with Gasteiger partial charge in [-0.15, -0.1) is 0 Å². The topological polar surface area (TPSA) is 67.6 Å². The standard InChI is InChI=1S/C12H9BrN4/c13-7-3-4-9(14)8(6-7)11-16-10-2-1-5-15-12(10)17-11/h1-6H,14H2,(H,15,16,17). The highest BCUT2D eigenvalue weighted by Gasteiger charge is 2.09. The Labute approximate surface area is 106 Å². The first-order chi connectivity index (χ1) is 8.24. The number of halogens is 1. The van der Waals surface area contributed by atoms with Crippen LogP contribution in [0, 0.1) is 0 Å². The summed E-state index contributed by atoms with van der Waals surface area (Å²) in [6.07, 6.45) is 1.72. The van der Waals surface area contributed by atoms with Crippen molar-refractivity contribution < 1.29 is 0 Å². The highest BCUT2D eigenvalue weighted by Crippen LogP contribution is 2.27. The zero-order chi connectivity index (χ0) is 11.8. The number of nitrogens with zero attached hydrogens (tertiary/aromatic N) is 2. The molecule has 0 saturated heterocycles. The van der Waals surface area contributed by atoms with Gasteiger partial charge in [-0.2, -0.15) is 0 Å². The lowest BCUT2D eigenvalue weighted by Crippen LogP contribution is -1.91. The minimum absolute atomic E-state index is 0.687. The number of H-pyrrole nitrogens is 1. The van der Waals surface area contributed by atoms with Gasteiger partial charge in [-0.3, -0.25) is 0 Å². The number of nitrogens with two attached hydrogens (primary N) is 1. The lowest BCUT2D eigenvalue weighted by atomic mass is 10.2. The van der Waals surface area contributed by atoms with E-state index in [1.807, 2.05) is 30.3 Å². The summed E-state index contributed by atoms with van der Waals surface area (Å²) >= 11 is 3.42. The Balaban J connectivity index is 2.23. The second kappa shape index (κ2) is 3.85.